The average Bonchev–Trinajstić information content (AvgIpc) is 1.91. The van der Waals surface area contributed by atoms with Gasteiger partial charge in [0.1, 0.15) is 0 Å². The molecular formula is C7H10AsN. The van der Waals surface area contributed by atoms with Crippen LogP contribution in [0.1, 0.15) is 6.92 Å². The third kappa shape index (κ3) is 2.19. The van der Waals surface area contributed by atoms with Crippen molar-refractivity contribution in [2.24, 2.45) is 0 Å². The molecule has 1 aromatic rings. The fourth-order valence-electron chi connectivity index (χ4n) is 0.671. The topological polar surface area (TPSA) is 12.9 Å². The predicted molar refractivity (Wildman–Crippen MR) is 41.5 cm³/mol. The van der Waals surface area contributed by atoms with Crippen molar-refractivity contribution in [3.63, 3.8) is 0 Å². The van der Waals surface area contributed by atoms with Crippen LogP contribution in [-0.2, 0) is 0 Å². The Morgan fingerprint density at radius 1 is 1.67 bits per heavy atom. The summed E-state index contributed by atoms with van der Waals surface area (Å²) in [6.07, 6.45) is 3.80. The normalized spacial score (nSPS) is 10.8. The van der Waals surface area contributed by atoms with Crippen LogP contribution < -0.4 is 4.35 Å². The second-order valence-corrected chi connectivity index (χ2v) is 5.21. The molecule has 0 amide bonds. The molecule has 0 aliphatic carbocycles. The van der Waals surface area contributed by atoms with Crippen LogP contribution in [-0.4, -0.2) is 20.7 Å². The summed E-state index contributed by atoms with van der Waals surface area (Å²) in [5, 5.41) is 1.33. The van der Waals surface area contributed by atoms with Gasteiger partial charge in [-0.25, -0.2) is 0 Å². The number of rotatable bonds is 2. The van der Waals surface area contributed by atoms with E-state index in [0.29, 0.717) is 0 Å². The molecule has 0 saturated heterocycles. The van der Waals surface area contributed by atoms with E-state index in [4.69, 9.17) is 0 Å². The van der Waals surface area contributed by atoms with Gasteiger partial charge in [-0.1, -0.05) is 0 Å². The van der Waals surface area contributed by atoms with Gasteiger partial charge in [0, 0.05) is 0 Å². The van der Waals surface area contributed by atoms with Crippen molar-refractivity contribution in [1.82, 2.24) is 4.98 Å². The summed E-state index contributed by atoms with van der Waals surface area (Å²) in [6.45, 7) is 2.23. The maximum absolute atomic E-state index is 4.03. The van der Waals surface area contributed by atoms with Crippen LogP contribution in [0.5, 0.6) is 0 Å². The van der Waals surface area contributed by atoms with E-state index in [1.165, 1.54) is 9.56 Å². The van der Waals surface area contributed by atoms with Gasteiger partial charge < -0.3 is 0 Å². The Labute approximate surface area is 62.2 Å². The fourth-order valence-corrected chi connectivity index (χ4v) is 2.33. The molecule has 0 aromatic carbocycles. The molecule has 0 spiro atoms. The Bertz CT molecular complexity index is 162. The first-order valence-electron chi connectivity index (χ1n) is 3.07. The van der Waals surface area contributed by atoms with E-state index in [1.54, 1.807) is 0 Å². The van der Waals surface area contributed by atoms with Crippen molar-refractivity contribution in [3.8, 4) is 0 Å². The molecule has 1 unspecified atom stereocenters. The Morgan fingerprint density at radius 2 is 2.56 bits per heavy atom. The van der Waals surface area contributed by atoms with E-state index >= 15 is 0 Å². The van der Waals surface area contributed by atoms with Crippen LogP contribution >= 0.6 is 0 Å². The van der Waals surface area contributed by atoms with E-state index in [-0.39, 0.29) is 15.8 Å². The van der Waals surface area contributed by atoms with Gasteiger partial charge in [-0.3, -0.25) is 0 Å². The molecule has 1 rings (SSSR count). The second-order valence-electron chi connectivity index (χ2n) is 1.77. The molecule has 2 heteroatoms. The van der Waals surface area contributed by atoms with Crippen molar-refractivity contribution < 1.29 is 0 Å². The molecule has 1 heterocycles. The van der Waals surface area contributed by atoms with Crippen LogP contribution in [0.3, 0.4) is 0 Å². The summed E-state index contributed by atoms with van der Waals surface area (Å²) < 4.78 is 1.46. The molecule has 0 aliphatic heterocycles. The van der Waals surface area contributed by atoms with Gasteiger partial charge in [0.15, 0.2) is 0 Å². The molecule has 0 saturated carbocycles. The Hall–Kier alpha value is -0.292. The fraction of sp³-hybridized carbons (Fsp3) is 0.286. The van der Waals surface area contributed by atoms with E-state index in [1.807, 2.05) is 18.5 Å². The van der Waals surface area contributed by atoms with E-state index < -0.39 is 0 Å². The molecule has 1 aromatic heterocycles. The molecular weight excluding hydrogens is 173 g/mol. The molecule has 0 N–H and O–H groups in total. The van der Waals surface area contributed by atoms with Gasteiger partial charge in [0.25, 0.3) is 0 Å². The number of hydrogen-bond acceptors (Lipinski definition) is 1. The Kier molecular flexibility index (Phi) is 2.79. The van der Waals surface area contributed by atoms with Crippen molar-refractivity contribution in [2.75, 3.05) is 0 Å². The summed E-state index contributed by atoms with van der Waals surface area (Å²) in [7, 11) is 0. The minimum absolute atomic E-state index is 0.147. The summed E-state index contributed by atoms with van der Waals surface area (Å²) in [6, 6.07) is 4.17. The third-order valence-corrected chi connectivity index (χ3v) is 3.26. The predicted octanol–water partition coefficient (Wildman–Crippen LogP) is 0.582. The molecule has 0 aliphatic rings. The van der Waals surface area contributed by atoms with Crippen LogP contribution in [0, 0.1) is 0 Å². The van der Waals surface area contributed by atoms with E-state index in [2.05, 4.69) is 18.0 Å². The zero-order valence-corrected chi connectivity index (χ0v) is 7.56. The van der Waals surface area contributed by atoms with E-state index in [0.717, 1.165) is 0 Å². The van der Waals surface area contributed by atoms with Crippen LogP contribution in [0.15, 0.2) is 24.5 Å². The second kappa shape index (κ2) is 3.68. The van der Waals surface area contributed by atoms with Gasteiger partial charge in [-0.2, -0.15) is 0 Å². The standard InChI is InChI=1S/C7H10AsN/c1-2-8-7-4-3-5-9-6-7/h3-6,8H,2H2,1H3. The van der Waals surface area contributed by atoms with Crippen LogP contribution in [0.2, 0.25) is 5.21 Å². The molecule has 48 valence electrons. The zero-order valence-electron chi connectivity index (χ0n) is 5.46. The van der Waals surface area contributed by atoms with Crippen LogP contribution in [0.25, 0.3) is 0 Å². The van der Waals surface area contributed by atoms with Gasteiger partial charge >= 0.3 is 61.7 Å². The quantitative estimate of drug-likeness (QED) is 0.611. The summed E-state index contributed by atoms with van der Waals surface area (Å²) in [4.78, 5) is 4.03. The van der Waals surface area contributed by atoms with Gasteiger partial charge in [-0.05, 0) is 0 Å². The molecule has 0 fully saturated rings. The van der Waals surface area contributed by atoms with Crippen molar-refractivity contribution in [2.45, 2.75) is 12.1 Å². The van der Waals surface area contributed by atoms with Gasteiger partial charge in [-0.15, -0.1) is 0 Å². The van der Waals surface area contributed by atoms with Gasteiger partial charge in [0.05, 0.1) is 0 Å². The first-order chi connectivity index (χ1) is 4.43. The molecule has 0 radical (unpaired) electrons. The molecule has 0 bridgehead atoms. The summed E-state index contributed by atoms with van der Waals surface area (Å²) in [5.74, 6) is 0. The van der Waals surface area contributed by atoms with Crippen molar-refractivity contribution in [3.05, 3.63) is 24.5 Å². The first-order valence-corrected chi connectivity index (χ1v) is 5.60. The van der Waals surface area contributed by atoms with E-state index in [9.17, 15) is 0 Å². The monoisotopic (exact) mass is 183 g/mol. The number of hydrogen-bond donors (Lipinski definition) is 0. The molecule has 1 nitrogen and oxygen atoms in total. The molecule has 9 heavy (non-hydrogen) atoms. The Morgan fingerprint density at radius 3 is 3.11 bits per heavy atom. The SMILES string of the molecule is CC[AsH]c1cccnc1. The first kappa shape index (κ1) is 6.82. The molecule has 1 atom stereocenters. The zero-order chi connectivity index (χ0) is 6.53. The summed E-state index contributed by atoms with van der Waals surface area (Å²) >= 11 is 0.147. The number of aromatic nitrogens is 1. The van der Waals surface area contributed by atoms with Crippen LogP contribution in [0.4, 0.5) is 0 Å². The third-order valence-electron chi connectivity index (χ3n) is 1.04. The number of pyridine rings is 1. The maximum atomic E-state index is 4.03. The van der Waals surface area contributed by atoms with Gasteiger partial charge in [0.2, 0.25) is 0 Å². The Balaban J connectivity index is 2.61. The number of nitrogens with zero attached hydrogens (tertiary/aromatic N) is 1. The average molecular weight is 183 g/mol. The minimum atomic E-state index is 0.147. The summed E-state index contributed by atoms with van der Waals surface area (Å²) in [5.41, 5.74) is 0. The van der Waals surface area contributed by atoms with Crippen molar-refractivity contribution >= 4 is 20.1 Å². The van der Waals surface area contributed by atoms with Crippen molar-refractivity contribution in [1.29, 1.82) is 0 Å².